The molecule has 0 aliphatic rings. The Kier molecular flexibility index (Phi) is 3.68. The second-order valence-electron chi connectivity index (χ2n) is 3.38. The molecule has 0 aliphatic heterocycles. The number of nitrogens with one attached hydrogen (secondary N) is 1. The highest BCUT2D eigenvalue weighted by atomic mass is 19.4. The predicted octanol–water partition coefficient (Wildman–Crippen LogP) is 2.34. The highest BCUT2D eigenvalue weighted by Gasteiger charge is 2.42. The Bertz CT molecular complexity index is 297. The predicted molar refractivity (Wildman–Crippen MR) is 51.6 cm³/mol. The monoisotopic (exact) mass is 218 g/mol. The smallest absolute Gasteiger partial charge is 0.309 e. The normalized spacial score (nSPS) is 16.1. The van der Waals surface area contributed by atoms with Crippen molar-refractivity contribution in [3.8, 4) is 0 Å². The lowest BCUT2D eigenvalue weighted by atomic mass is 9.94. The van der Waals surface area contributed by atoms with E-state index in [0.717, 1.165) is 0 Å². The SMILES string of the molecule is CNC(C(C)c1ccncc1)C(F)(F)F. The van der Waals surface area contributed by atoms with Crippen molar-refractivity contribution in [1.29, 1.82) is 0 Å². The highest BCUT2D eigenvalue weighted by molar-refractivity contribution is 5.17. The van der Waals surface area contributed by atoms with Crippen molar-refractivity contribution in [2.75, 3.05) is 7.05 Å². The number of hydrogen-bond acceptors (Lipinski definition) is 2. The summed E-state index contributed by atoms with van der Waals surface area (Å²) in [4.78, 5) is 3.77. The molecule has 0 bridgehead atoms. The van der Waals surface area contributed by atoms with Gasteiger partial charge >= 0.3 is 6.18 Å². The van der Waals surface area contributed by atoms with Gasteiger partial charge in [-0.25, -0.2) is 0 Å². The average Bonchev–Trinajstić information content (AvgIpc) is 2.18. The third kappa shape index (κ3) is 2.92. The summed E-state index contributed by atoms with van der Waals surface area (Å²) in [5, 5.41) is 2.29. The fourth-order valence-electron chi connectivity index (χ4n) is 1.56. The molecule has 0 saturated carbocycles. The Morgan fingerprint density at radius 3 is 2.20 bits per heavy atom. The maximum atomic E-state index is 12.6. The van der Waals surface area contributed by atoms with Gasteiger partial charge in [-0.3, -0.25) is 4.98 Å². The summed E-state index contributed by atoms with van der Waals surface area (Å²) in [7, 11) is 1.32. The van der Waals surface area contributed by atoms with E-state index >= 15 is 0 Å². The third-order valence-corrected chi connectivity index (χ3v) is 2.40. The van der Waals surface area contributed by atoms with Gasteiger partial charge in [0.05, 0.1) is 0 Å². The largest absolute Gasteiger partial charge is 0.404 e. The molecule has 1 N–H and O–H groups in total. The molecule has 0 aliphatic carbocycles. The lowest BCUT2D eigenvalue weighted by Gasteiger charge is -2.26. The first kappa shape index (κ1) is 12.0. The molecule has 1 aromatic heterocycles. The van der Waals surface area contributed by atoms with Crippen molar-refractivity contribution < 1.29 is 13.2 Å². The minimum atomic E-state index is -4.24. The Labute approximate surface area is 86.5 Å². The number of pyridine rings is 1. The van der Waals surface area contributed by atoms with Gasteiger partial charge in [0.2, 0.25) is 0 Å². The molecule has 1 aromatic rings. The van der Waals surface area contributed by atoms with Crippen LogP contribution in [0.4, 0.5) is 13.2 Å². The molecule has 1 rings (SSSR count). The van der Waals surface area contributed by atoms with Crippen LogP contribution < -0.4 is 5.32 Å². The summed E-state index contributed by atoms with van der Waals surface area (Å²) in [6.45, 7) is 1.55. The second-order valence-corrected chi connectivity index (χ2v) is 3.38. The molecule has 0 saturated heterocycles. The molecule has 15 heavy (non-hydrogen) atoms. The van der Waals surface area contributed by atoms with Crippen molar-refractivity contribution in [2.45, 2.75) is 25.1 Å². The topological polar surface area (TPSA) is 24.9 Å². The first-order valence-corrected chi connectivity index (χ1v) is 4.60. The highest BCUT2D eigenvalue weighted by Crippen LogP contribution is 2.30. The number of likely N-dealkylation sites (N-methyl/N-ethyl adjacent to an activating group) is 1. The Hall–Kier alpha value is -1.10. The Morgan fingerprint density at radius 1 is 1.27 bits per heavy atom. The first-order valence-electron chi connectivity index (χ1n) is 4.60. The fraction of sp³-hybridized carbons (Fsp3) is 0.500. The number of rotatable bonds is 3. The minimum absolute atomic E-state index is 0.627. The molecule has 0 spiro atoms. The molecule has 2 unspecified atom stereocenters. The second kappa shape index (κ2) is 4.61. The summed E-state index contributed by atoms with van der Waals surface area (Å²) >= 11 is 0. The van der Waals surface area contributed by atoms with Gasteiger partial charge in [-0.1, -0.05) is 6.92 Å². The zero-order chi connectivity index (χ0) is 11.5. The molecule has 1 heterocycles. The third-order valence-electron chi connectivity index (χ3n) is 2.40. The lowest BCUT2D eigenvalue weighted by molar-refractivity contribution is -0.158. The molecule has 0 aromatic carbocycles. The van der Waals surface area contributed by atoms with Gasteiger partial charge in [0.25, 0.3) is 0 Å². The van der Waals surface area contributed by atoms with Gasteiger partial charge < -0.3 is 5.32 Å². The van der Waals surface area contributed by atoms with Gasteiger partial charge in [0, 0.05) is 18.3 Å². The molecule has 0 radical (unpaired) electrons. The number of alkyl halides is 3. The number of nitrogens with zero attached hydrogens (tertiary/aromatic N) is 1. The van der Waals surface area contributed by atoms with Crippen LogP contribution in [0.1, 0.15) is 18.4 Å². The van der Waals surface area contributed by atoms with Gasteiger partial charge in [0.1, 0.15) is 6.04 Å². The van der Waals surface area contributed by atoms with Crippen LogP contribution in [0.5, 0.6) is 0 Å². The maximum Gasteiger partial charge on any atom is 0.404 e. The Morgan fingerprint density at radius 2 is 1.80 bits per heavy atom. The van der Waals surface area contributed by atoms with E-state index in [9.17, 15) is 13.2 Å². The first-order chi connectivity index (χ1) is 6.96. The molecule has 2 nitrogen and oxygen atoms in total. The van der Waals surface area contributed by atoms with Crippen molar-refractivity contribution in [3.05, 3.63) is 30.1 Å². The maximum absolute atomic E-state index is 12.6. The van der Waals surface area contributed by atoms with E-state index in [2.05, 4.69) is 10.3 Å². The van der Waals surface area contributed by atoms with Gasteiger partial charge in [-0.05, 0) is 24.7 Å². The van der Waals surface area contributed by atoms with Crippen LogP contribution in [0.2, 0.25) is 0 Å². The van der Waals surface area contributed by atoms with Gasteiger partial charge in [0.15, 0.2) is 0 Å². The van der Waals surface area contributed by atoms with Crippen LogP contribution in [-0.2, 0) is 0 Å². The summed E-state index contributed by atoms with van der Waals surface area (Å²) in [6, 6.07) is 1.67. The summed E-state index contributed by atoms with van der Waals surface area (Å²) in [5.41, 5.74) is 0.627. The zero-order valence-corrected chi connectivity index (χ0v) is 8.55. The van der Waals surface area contributed by atoms with Crippen molar-refractivity contribution >= 4 is 0 Å². The van der Waals surface area contributed by atoms with Crippen molar-refractivity contribution in [1.82, 2.24) is 10.3 Å². The van der Waals surface area contributed by atoms with Crippen molar-refractivity contribution in [2.24, 2.45) is 0 Å². The van der Waals surface area contributed by atoms with Crippen molar-refractivity contribution in [3.63, 3.8) is 0 Å². The van der Waals surface area contributed by atoms with E-state index in [0.29, 0.717) is 5.56 Å². The molecule has 5 heteroatoms. The summed E-state index contributed by atoms with van der Waals surface area (Å²) in [6.07, 6.45) is -1.25. The number of hydrogen-bond donors (Lipinski definition) is 1. The van der Waals surface area contributed by atoms with Crippen LogP contribution >= 0.6 is 0 Å². The molecular formula is C10H13F3N2. The number of halogens is 3. The van der Waals surface area contributed by atoms with E-state index in [-0.39, 0.29) is 0 Å². The van der Waals surface area contributed by atoms with Crippen LogP contribution in [0.3, 0.4) is 0 Å². The zero-order valence-electron chi connectivity index (χ0n) is 8.55. The summed E-state index contributed by atoms with van der Waals surface area (Å²) in [5.74, 6) is -0.627. The molecule has 84 valence electrons. The molecule has 0 amide bonds. The quantitative estimate of drug-likeness (QED) is 0.842. The Balaban J connectivity index is 2.88. The van der Waals surface area contributed by atoms with E-state index in [1.807, 2.05) is 0 Å². The average molecular weight is 218 g/mol. The summed E-state index contributed by atoms with van der Waals surface area (Å²) < 4.78 is 37.7. The minimum Gasteiger partial charge on any atom is -0.309 e. The van der Waals surface area contributed by atoms with Crippen LogP contribution in [0.25, 0.3) is 0 Å². The van der Waals surface area contributed by atoms with E-state index in [1.54, 1.807) is 19.1 Å². The van der Waals surface area contributed by atoms with E-state index in [1.165, 1.54) is 19.4 Å². The van der Waals surface area contributed by atoms with E-state index in [4.69, 9.17) is 0 Å². The van der Waals surface area contributed by atoms with Crippen LogP contribution in [0, 0.1) is 0 Å². The van der Waals surface area contributed by atoms with Gasteiger partial charge in [-0.2, -0.15) is 13.2 Å². The molecule has 2 atom stereocenters. The fourth-order valence-corrected chi connectivity index (χ4v) is 1.56. The molecule has 0 fully saturated rings. The molecular weight excluding hydrogens is 205 g/mol. The lowest BCUT2D eigenvalue weighted by Crippen LogP contribution is -2.43. The van der Waals surface area contributed by atoms with E-state index < -0.39 is 18.1 Å². The van der Waals surface area contributed by atoms with Crippen LogP contribution in [-0.4, -0.2) is 24.2 Å². The standard InChI is InChI=1S/C10H13F3N2/c1-7(8-3-5-15-6-4-8)9(14-2)10(11,12)13/h3-7,9,14H,1-2H3. The van der Waals surface area contributed by atoms with Gasteiger partial charge in [-0.15, -0.1) is 0 Å². The number of aromatic nitrogens is 1. The van der Waals surface area contributed by atoms with Crippen LogP contribution in [0.15, 0.2) is 24.5 Å².